The number of aromatic nitrogens is 1. The number of nitrogens with zero attached hydrogens (tertiary/aromatic N) is 1. The smallest absolute Gasteiger partial charge is 0.294 e. The van der Waals surface area contributed by atoms with E-state index >= 15 is 0 Å². The first-order chi connectivity index (χ1) is 10.2. The molecule has 5 heteroatoms. The minimum atomic E-state index is -0.327. The summed E-state index contributed by atoms with van der Waals surface area (Å²) in [6.45, 7) is 0. The third kappa shape index (κ3) is 3.20. The van der Waals surface area contributed by atoms with Crippen molar-refractivity contribution in [3.05, 3.63) is 70.9 Å². The quantitative estimate of drug-likeness (QED) is 0.769. The van der Waals surface area contributed by atoms with Crippen molar-refractivity contribution in [1.82, 2.24) is 5.16 Å². The maximum atomic E-state index is 12.1. The molecule has 1 aromatic heterocycles. The van der Waals surface area contributed by atoms with Gasteiger partial charge in [0.25, 0.3) is 5.91 Å². The largest absolute Gasteiger partial charge is 0.350 e. The zero-order valence-electron chi connectivity index (χ0n) is 10.9. The first kappa shape index (κ1) is 13.6. The molecule has 0 radical (unpaired) electrons. The standard InChI is InChI=1S/C16H11BrN2O2/c17-12-6-8-13(9-7-12)18-16(20)15-10-14(19-21-15)11-4-2-1-3-5-11/h1-10H,(H,18,20). The van der Waals surface area contributed by atoms with Crippen molar-refractivity contribution in [1.29, 1.82) is 0 Å². The third-order valence-electron chi connectivity index (χ3n) is 2.91. The molecule has 0 aliphatic rings. The number of halogens is 1. The maximum Gasteiger partial charge on any atom is 0.294 e. The van der Waals surface area contributed by atoms with Gasteiger partial charge in [0.05, 0.1) is 0 Å². The maximum absolute atomic E-state index is 12.1. The Bertz CT molecular complexity index is 751. The molecule has 0 atom stereocenters. The van der Waals surface area contributed by atoms with Crippen LogP contribution >= 0.6 is 15.9 Å². The summed E-state index contributed by atoms with van der Waals surface area (Å²) in [5.41, 5.74) is 2.24. The van der Waals surface area contributed by atoms with Gasteiger partial charge in [0.1, 0.15) is 5.69 Å². The van der Waals surface area contributed by atoms with Gasteiger partial charge in [-0.2, -0.15) is 0 Å². The van der Waals surface area contributed by atoms with Crippen LogP contribution in [-0.2, 0) is 0 Å². The molecule has 0 bridgehead atoms. The van der Waals surface area contributed by atoms with Crippen LogP contribution in [0.25, 0.3) is 11.3 Å². The van der Waals surface area contributed by atoms with Crippen LogP contribution in [0.4, 0.5) is 5.69 Å². The highest BCUT2D eigenvalue weighted by Gasteiger charge is 2.14. The van der Waals surface area contributed by atoms with Gasteiger partial charge >= 0.3 is 0 Å². The van der Waals surface area contributed by atoms with Gasteiger partial charge in [-0.25, -0.2) is 0 Å². The minimum Gasteiger partial charge on any atom is -0.350 e. The Kier molecular flexibility index (Phi) is 3.83. The van der Waals surface area contributed by atoms with Crippen molar-refractivity contribution < 1.29 is 9.32 Å². The second-order valence-corrected chi connectivity index (χ2v) is 5.32. The fourth-order valence-corrected chi connectivity index (χ4v) is 2.12. The summed E-state index contributed by atoms with van der Waals surface area (Å²) in [5, 5.41) is 6.68. The number of carbonyl (C=O) groups is 1. The van der Waals surface area contributed by atoms with Crippen molar-refractivity contribution >= 4 is 27.5 Å². The number of hydrogen-bond acceptors (Lipinski definition) is 3. The molecule has 1 amide bonds. The number of hydrogen-bond donors (Lipinski definition) is 1. The first-order valence-corrected chi connectivity index (χ1v) is 7.11. The van der Waals surface area contributed by atoms with Crippen molar-refractivity contribution in [3.63, 3.8) is 0 Å². The van der Waals surface area contributed by atoms with E-state index < -0.39 is 0 Å². The highest BCUT2D eigenvalue weighted by molar-refractivity contribution is 9.10. The van der Waals surface area contributed by atoms with E-state index in [0.717, 1.165) is 10.0 Å². The lowest BCUT2D eigenvalue weighted by Gasteiger charge is -2.01. The monoisotopic (exact) mass is 342 g/mol. The normalized spacial score (nSPS) is 10.3. The van der Waals surface area contributed by atoms with Crippen molar-refractivity contribution in [3.8, 4) is 11.3 Å². The molecule has 3 aromatic rings. The molecular formula is C16H11BrN2O2. The van der Waals surface area contributed by atoms with Gasteiger partial charge in [-0.15, -0.1) is 0 Å². The summed E-state index contributed by atoms with van der Waals surface area (Å²) >= 11 is 3.34. The summed E-state index contributed by atoms with van der Waals surface area (Å²) in [6, 6.07) is 18.5. The average Bonchev–Trinajstić information content (AvgIpc) is 3.00. The molecule has 21 heavy (non-hydrogen) atoms. The van der Waals surface area contributed by atoms with Gasteiger partial charge in [-0.3, -0.25) is 4.79 Å². The van der Waals surface area contributed by atoms with E-state index in [1.165, 1.54) is 0 Å². The zero-order chi connectivity index (χ0) is 14.7. The predicted molar refractivity (Wildman–Crippen MR) is 84.0 cm³/mol. The van der Waals surface area contributed by atoms with E-state index in [1.807, 2.05) is 42.5 Å². The Morgan fingerprint density at radius 1 is 1.05 bits per heavy atom. The summed E-state index contributed by atoms with van der Waals surface area (Å²) in [6.07, 6.45) is 0. The Balaban J connectivity index is 1.77. The van der Waals surface area contributed by atoms with Crippen molar-refractivity contribution in [2.45, 2.75) is 0 Å². The third-order valence-corrected chi connectivity index (χ3v) is 3.43. The number of benzene rings is 2. The van der Waals surface area contributed by atoms with Gasteiger partial charge in [0.2, 0.25) is 5.76 Å². The Hall–Kier alpha value is -2.40. The van der Waals surface area contributed by atoms with E-state index in [9.17, 15) is 4.79 Å². The summed E-state index contributed by atoms with van der Waals surface area (Å²) in [7, 11) is 0. The van der Waals surface area contributed by atoms with Crippen LogP contribution in [-0.4, -0.2) is 11.1 Å². The molecule has 0 fully saturated rings. The summed E-state index contributed by atoms with van der Waals surface area (Å²) in [5.74, 6) is -0.149. The number of anilines is 1. The van der Waals surface area contributed by atoms with E-state index in [2.05, 4.69) is 26.4 Å². The van der Waals surface area contributed by atoms with Gasteiger partial charge < -0.3 is 9.84 Å². The lowest BCUT2D eigenvalue weighted by Crippen LogP contribution is -2.10. The van der Waals surface area contributed by atoms with Gasteiger partial charge in [0, 0.05) is 21.8 Å². The molecule has 0 saturated heterocycles. The highest BCUT2D eigenvalue weighted by atomic mass is 79.9. The van der Waals surface area contributed by atoms with Gasteiger partial charge in [-0.05, 0) is 24.3 Å². The number of carbonyl (C=O) groups excluding carboxylic acids is 1. The number of amides is 1. The molecular weight excluding hydrogens is 332 g/mol. The fraction of sp³-hybridized carbons (Fsp3) is 0. The molecule has 2 aromatic carbocycles. The topological polar surface area (TPSA) is 55.1 Å². The molecule has 1 heterocycles. The van der Waals surface area contributed by atoms with Crippen LogP contribution < -0.4 is 5.32 Å². The molecule has 0 aliphatic heterocycles. The Morgan fingerprint density at radius 2 is 1.76 bits per heavy atom. The average molecular weight is 343 g/mol. The molecule has 3 rings (SSSR count). The lowest BCUT2D eigenvalue weighted by atomic mass is 10.1. The van der Waals surface area contributed by atoms with Crippen molar-refractivity contribution in [2.24, 2.45) is 0 Å². The van der Waals surface area contributed by atoms with E-state index in [1.54, 1.807) is 18.2 Å². The lowest BCUT2D eigenvalue weighted by molar-refractivity contribution is 0.0988. The number of nitrogens with one attached hydrogen (secondary N) is 1. The molecule has 104 valence electrons. The van der Waals surface area contributed by atoms with E-state index in [4.69, 9.17) is 4.52 Å². The van der Waals surface area contributed by atoms with Crippen LogP contribution in [0, 0.1) is 0 Å². The Labute approximate surface area is 129 Å². The van der Waals surface area contributed by atoms with Crippen LogP contribution in [0.2, 0.25) is 0 Å². The number of rotatable bonds is 3. The molecule has 4 nitrogen and oxygen atoms in total. The van der Waals surface area contributed by atoms with Gasteiger partial charge in [0.15, 0.2) is 0 Å². The molecule has 1 N–H and O–H groups in total. The van der Waals surface area contributed by atoms with Crippen LogP contribution in [0.3, 0.4) is 0 Å². The molecule has 0 saturated carbocycles. The second-order valence-electron chi connectivity index (χ2n) is 4.40. The molecule has 0 unspecified atom stereocenters. The Morgan fingerprint density at radius 3 is 2.48 bits per heavy atom. The molecule has 0 spiro atoms. The van der Waals surface area contributed by atoms with E-state index in [-0.39, 0.29) is 11.7 Å². The fourth-order valence-electron chi connectivity index (χ4n) is 1.85. The SMILES string of the molecule is O=C(Nc1ccc(Br)cc1)c1cc(-c2ccccc2)no1. The second kappa shape index (κ2) is 5.93. The predicted octanol–water partition coefficient (Wildman–Crippen LogP) is 4.36. The highest BCUT2D eigenvalue weighted by Crippen LogP contribution is 2.20. The van der Waals surface area contributed by atoms with Crippen molar-refractivity contribution in [2.75, 3.05) is 5.32 Å². The summed E-state index contributed by atoms with van der Waals surface area (Å²) in [4.78, 5) is 12.1. The van der Waals surface area contributed by atoms with E-state index in [0.29, 0.717) is 11.4 Å². The van der Waals surface area contributed by atoms with Crippen LogP contribution in [0.1, 0.15) is 10.6 Å². The summed E-state index contributed by atoms with van der Waals surface area (Å²) < 4.78 is 6.06. The van der Waals surface area contributed by atoms with Crippen LogP contribution in [0.5, 0.6) is 0 Å². The first-order valence-electron chi connectivity index (χ1n) is 6.31. The zero-order valence-corrected chi connectivity index (χ0v) is 12.5. The minimum absolute atomic E-state index is 0.178. The van der Waals surface area contributed by atoms with Crippen LogP contribution in [0.15, 0.2) is 69.7 Å². The molecule has 0 aliphatic carbocycles. The van der Waals surface area contributed by atoms with Gasteiger partial charge in [-0.1, -0.05) is 51.4 Å².